The van der Waals surface area contributed by atoms with Crippen molar-refractivity contribution in [3.8, 4) is 0 Å². The van der Waals surface area contributed by atoms with Crippen molar-refractivity contribution in [2.75, 3.05) is 12.4 Å². The molecule has 0 fully saturated rings. The summed E-state index contributed by atoms with van der Waals surface area (Å²) in [4.78, 5) is 23.5. The van der Waals surface area contributed by atoms with Gasteiger partial charge in [0.05, 0.1) is 19.1 Å². The van der Waals surface area contributed by atoms with Gasteiger partial charge in [0, 0.05) is 5.69 Å². The lowest BCUT2D eigenvalue weighted by Gasteiger charge is -2.03. The fourth-order valence-electron chi connectivity index (χ4n) is 2.18. The Kier molecular flexibility index (Phi) is 4.84. The summed E-state index contributed by atoms with van der Waals surface area (Å²) in [7, 11) is 1.31. The number of benzene rings is 2. The van der Waals surface area contributed by atoms with Gasteiger partial charge in [0.1, 0.15) is 0 Å². The van der Waals surface area contributed by atoms with Crippen molar-refractivity contribution in [2.24, 2.45) is 0 Å². The van der Waals surface area contributed by atoms with Crippen LogP contribution in [0.4, 0.5) is 5.69 Å². The fourth-order valence-corrected chi connectivity index (χ4v) is 2.18. The first kappa shape index (κ1) is 16.4. The molecule has 0 atom stereocenters. The first-order chi connectivity index (χ1) is 12.2. The Balaban J connectivity index is 1.64. The third kappa shape index (κ3) is 4.08. The number of rotatable bonds is 5. The van der Waals surface area contributed by atoms with E-state index in [1.807, 2.05) is 30.3 Å². The highest BCUT2D eigenvalue weighted by atomic mass is 16.5. The van der Waals surface area contributed by atoms with E-state index in [0.29, 0.717) is 23.6 Å². The first-order valence-electron chi connectivity index (χ1n) is 7.52. The molecule has 1 N–H and O–H groups in total. The zero-order valence-corrected chi connectivity index (χ0v) is 13.4. The summed E-state index contributed by atoms with van der Waals surface area (Å²) in [5, 5.41) is 10.3. The van der Waals surface area contributed by atoms with E-state index < -0.39 is 11.9 Å². The van der Waals surface area contributed by atoms with Crippen LogP contribution in [0.25, 0.3) is 0 Å². The van der Waals surface area contributed by atoms with E-state index in [-0.39, 0.29) is 5.89 Å². The number of esters is 1. The van der Waals surface area contributed by atoms with Crippen LogP contribution in [0.1, 0.15) is 32.5 Å². The van der Waals surface area contributed by atoms with Crippen molar-refractivity contribution in [1.29, 1.82) is 0 Å². The second-order valence-corrected chi connectivity index (χ2v) is 5.19. The molecule has 0 saturated carbocycles. The number of anilines is 1. The Morgan fingerprint density at radius 1 is 1.04 bits per heavy atom. The smallest absolute Gasteiger partial charge is 0.337 e. The van der Waals surface area contributed by atoms with Crippen LogP contribution in [0, 0.1) is 0 Å². The molecule has 1 aromatic heterocycles. The lowest BCUT2D eigenvalue weighted by atomic mass is 10.2. The van der Waals surface area contributed by atoms with Crippen molar-refractivity contribution in [3.63, 3.8) is 0 Å². The van der Waals surface area contributed by atoms with Crippen LogP contribution in [0.15, 0.2) is 59.0 Å². The predicted octanol–water partition coefficient (Wildman–Crippen LogP) is 2.70. The summed E-state index contributed by atoms with van der Waals surface area (Å²) >= 11 is 0. The highest BCUT2D eigenvalue weighted by Crippen LogP contribution is 2.13. The molecular weight excluding hydrogens is 322 g/mol. The van der Waals surface area contributed by atoms with Gasteiger partial charge in [0.15, 0.2) is 0 Å². The molecule has 0 radical (unpaired) electrons. The molecule has 0 aliphatic carbocycles. The summed E-state index contributed by atoms with van der Waals surface area (Å²) in [6, 6.07) is 15.9. The number of aromatic nitrogens is 2. The third-order valence-electron chi connectivity index (χ3n) is 3.42. The third-order valence-corrected chi connectivity index (χ3v) is 3.42. The number of hydrogen-bond donors (Lipinski definition) is 1. The minimum absolute atomic E-state index is 0.122. The molecule has 0 aliphatic heterocycles. The summed E-state index contributed by atoms with van der Waals surface area (Å²) < 4.78 is 10.0. The topological polar surface area (TPSA) is 94.3 Å². The predicted molar refractivity (Wildman–Crippen MR) is 89.3 cm³/mol. The zero-order valence-electron chi connectivity index (χ0n) is 13.4. The Morgan fingerprint density at radius 2 is 1.76 bits per heavy atom. The number of carbonyl (C=O) groups is 2. The van der Waals surface area contributed by atoms with E-state index in [1.165, 1.54) is 7.11 Å². The summed E-state index contributed by atoms with van der Waals surface area (Å²) in [6.45, 7) is 0. The Hall–Kier alpha value is -3.48. The van der Waals surface area contributed by atoms with Crippen LogP contribution in [-0.2, 0) is 11.2 Å². The van der Waals surface area contributed by atoms with Gasteiger partial charge in [0.25, 0.3) is 0 Å². The quantitative estimate of drug-likeness (QED) is 0.719. The summed E-state index contributed by atoms with van der Waals surface area (Å²) in [6.07, 6.45) is 0.453. The van der Waals surface area contributed by atoms with Crippen molar-refractivity contribution in [1.82, 2.24) is 10.2 Å². The maximum Gasteiger partial charge on any atom is 0.337 e. The molecule has 1 amide bonds. The molecule has 0 spiro atoms. The number of ether oxygens (including phenoxy) is 1. The van der Waals surface area contributed by atoms with Crippen LogP contribution < -0.4 is 5.32 Å². The summed E-state index contributed by atoms with van der Waals surface area (Å²) in [5.41, 5.74) is 1.90. The molecule has 2 aromatic carbocycles. The molecule has 7 heteroatoms. The monoisotopic (exact) mass is 337 g/mol. The molecule has 7 nitrogen and oxygen atoms in total. The van der Waals surface area contributed by atoms with E-state index in [9.17, 15) is 9.59 Å². The lowest BCUT2D eigenvalue weighted by molar-refractivity contribution is 0.0600. The second-order valence-electron chi connectivity index (χ2n) is 5.19. The highest BCUT2D eigenvalue weighted by molar-refractivity contribution is 6.01. The van der Waals surface area contributed by atoms with Gasteiger partial charge in [-0.1, -0.05) is 30.3 Å². The van der Waals surface area contributed by atoms with Crippen LogP contribution >= 0.6 is 0 Å². The molecular formula is C18H15N3O4. The number of methoxy groups -OCH3 is 1. The standard InChI is InChI=1S/C18H15N3O4/c1-24-18(23)13-7-9-14(10-8-13)19-16(22)17-21-20-15(25-17)11-12-5-3-2-4-6-12/h2-10H,11H2,1H3,(H,19,22). The average Bonchev–Trinajstić information content (AvgIpc) is 3.11. The fraction of sp³-hybridized carbons (Fsp3) is 0.111. The highest BCUT2D eigenvalue weighted by Gasteiger charge is 2.15. The van der Waals surface area contributed by atoms with Gasteiger partial charge in [-0.3, -0.25) is 4.79 Å². The Bertz CT molecular complexity index is 873. The number of carbonyl (C=O) groups excluding carboxylic acids is 2. The molecule has 0 aliphatic rings. The SMILES string of the molecule is COC(=O)c1ccc(NC(=O)c2nnc(Cc3ccccc3)o2)cc1. The van der Waals surface area contributed by atoms with Crippen molar-refractivity contribution >= 4 is 17.6 Å². The van der Waals surface area contributed by atoms with Crippen LogP contribution in [-0.4, -0.2) is 29.2 Å². The Labute approximate surface area is 143 Å². The van der Waals surface area contributed by atoms with Crippen LogP contribution in [0.2, 0.25) is 0 Å². The summed E-state index contributed by atoms with van der Waals surface area (Å²) in [5.74, 6) is -0.724. The van der Waals surface area contributed by atoms with Gasteiger partial charge in [-0.2, -0.15) is 0 Å². The number of nitrogens with zero attached hydrogens (tertiary/aromatic N) is 2. The maximum atomic E-state index is 12.2. The van der Waals surface area contributed by atoms with Crippen molar-refractivity contribution < 1.29 is 18.7 Å². The molecule has 0 unspecified atom stereocenters. The number of nitrogens with one attached hydrogen (secondary N) is 1. The van der Waals surface area contributed by atoms with Crippen molar-refractivity contribution in [3.05, 3.63) is 77.5 Å². The van der Waals surface area contributed by atoms with Crippen molar-refractivity contribution in [2.45, 2.75) is 6.42 Å². The van der Waals surface area contributed by atoms with Crippen LogP contribution in [0.3, 0.4) is 0 Å². The van der Waals surface area contributed by atoms with Crippen LogP contribution in [0.5, 0.6) is 0 Å². The molecule has 25 heavy (non-hydrogen) atoms. The molecule has 0 saturated heterocycles. The zero-order chi connectivity index (χ0) is 17.6. The molecule has 3 rings (SSSR count). The normalized spacial score (nSPS) is 10.3. The molecule has 1 heterocycles. The number of amides is 1. The molecule has 0 bridgehead atoms. The number of hydrogen-bond acceptors (Lipinski definition) is 6. The molecule has 3 aromatic rings. The van der Waals surface area contributed by atoms with Gasteiger partial charge in [-0.15, -0.1) is 10.2 Å². The van der Waals surface area contributed by atoms with Gasteiger partial charge in [-0.05, 0) is 29.8 Å². The van der Waals surface area contributed by atoms with Gasteiger partial charge >= 0.3 is 17.8 Å². The van der Waals surface area contributed by atoms with E-state index >= 15 is 0 Å². The molecule has 126 valence electrons. The average molecular weight is 337 g/mol. The Morgan fingerprint density at radius 3 is 2.44 bits per heavy atom. The van der Waals surface area contributed by atoms with E-state index in [0.717, 1.165) is 5.56 Å². The second kappa shape index (κ2) is 7.39. The van der Waals surface area contributed by atoms with Gasteiger partial charge < -0.3 is 14.5 Å². The van der Waals surface area contributed by atoms with Gasteiger partial charge in [0.2, 0.25) is 5.89 Å². The van der Waals surface area contributed by atoms with E-state index in [4.69, 9.17) is 4.42 Å². The van der Waals surface area contributed by atoms with E-state index in [2.05, 4.69) is 20.3 Å². The minimum atomic E-state index is -0.516. The van der Waals surface area contributed by atoms with E-state index in [1.54, 1.807) is 24.3 Å². The van der Waals surface area contributed by atoms with Gasteiger partial charge in [-0.25, -0.2) is 4.79 Å². The largest absolute Gasteiger partial charge is 0.465 e. The lowest BCUT2D eigenvalue weighted by Crippen LogP contribution is -2.12. The maximum absolute atomic E-state index is 12.2. The minimum Gasteiger partial charge on any atom is -0.465 e. The first-order valence-corrected chi connectivity index (χ1v) is 7.52.